The van der Waals surface area contributed by atoms with Gasteiger partial charge in [0.15, 0.2) is 12.9 Å². The molecule has 0 atom stereocenters. The standard InChI is InChI=1S/C67H70BN2O2/c1-36-27-45(58-54(28-36)70-53-22-19-37(62(2,3)4)29-41(53)44-30-38(63(5,6)7)31-50(68-58)59(44)70)57-51(21-20-40-43-33-47-49(35-56(43)72-61(40)57)67(14,15)26-24-65(47,10)11)69-52-18-16-17-39-42-32-46-48(34-55(42)71-60(39)52)66(12,13)25-23-64(46,8)9/h16-22,27-35,69H,23-26H2,1-15H3. The first-order valence-electron chi connectivity index (χ1n) is 26.7. The molecule has 3 aliphatic rings. The second-order valence-electron chi connectivity index (χ2n) is 27.1. The van der Waals surface area contributed by atoms with Crippen molar-refractivity contribution in [3.63, 3.8) is 0 Å². The van der Waals surface area contributed by atoms with Crippen molar-refractivity contribution in [2.45, 2.75) is 162 Å². The van der Waals surface area contributed by atoms with E-state index in [1.807, 2.05) is 0 Å². The van der Waals surface area contributed by atoms with Crippen molar-refractivity contribution < 1.29 is 8.83 Å². The highest BCUT2D eigenvalue weighted by atomic mass is 16.3. The summed E-state index contributed by atoms with van der Waals surface area (Å²) in [6, 6.07) is 37.7. The van der Waals surface area contributed by atoms with Crippen LogP contribution in [0.25, 0.3) is 82.5 Å². The van der Waals surface area contributed by atoms with Crippen LogP contribution in [-0.2, 0) is 32.5 Å². The highest BCUT2D eigenvalue weighted by molar-refractivity contribution is 6.73. The number of nitrogens with zero attached hydrogens (tertiary/aromatic N) is 1. The van der Waals surface area contributed by atoms with Crippen LogP contribution in [0.2, 0.25) is 0 Å². The molecule has 72 heavy (non-hydrogen) atoms. The van der Waals surface area contributed by atoms with E-state index in [1.165, 1.54) is 94.6 Å². The quantitative estimate of drug-likeness (QED) is 0.180. The van der Waals surface area contributed by atoms with E-state index < -0.39 is 0 Å². The molecule has 0 fully saturated rings. The zero-order valence-electron chi connectivity index (χ0n) is 45.4. The van der Waals surface area contributed by atoms with Gasteiger partial charge in [0.05, 0.1) is 16.9 Å². The number of rotatable bonds is 3. The lowest BCUT2D eigenvalue weighted by Crippen LogP contribution is -2.38. The lowest BCUT2D eigenvalue weighted by atomic mass is 9.58. The van der Waals surface area contributed by atoms with Gasteiger partial charge in [0.2, 0.25) is 0 Å². The maximum absolute atomic E-state index is 7.41. The molecule has 1 N–H and O–H groups in total. The molecule has 0 bridgehead atoms. The summed E-state index contributed by atoms with van der Waals surface area (Å²) in [6.07, 6.45) is 4.62. The lowest BCUT2D eigenvalue weighted by Gasteiger charge is -2.41. The van der Waals surface area contributed by atoms with Gasteiger partial charge >= 0.3 is 0 Å². The number of fused-ring (bicyclic) bond motifs is 13. The number of hydrogen-bond acceptors (Lipinski definition) is 3. The van der Waals surface area contributed by atoms with E-state index in [-0.39, 0.29) is 32.5 Å². The van der Waals surface area contributed by atoms with Gasteiger partial charge in [0.1, 0.15) is 16.7 Å². The second kappa shape index (κ2) is 14.5. The van der Waals surface area contributed by atoms with Gasteiger partial charge in [-0.05, 0) is 182 Å². The first-order valence-corrected chi connectivity index (χ1v) is 26.7. The molecule has 363 valence electrons. The van der Waals surface area contributed by atoms with E-state index in [9.17, 15) is 0 Å². The number of aromatic nitrogens is 1. The number of nitrogens with one attached hydrogen (secondary N) is 1. The Morgan fingerprint density at radius 3 is 1.67 bits per heavy atom. The molecule has 1 aliphatic heterocycles. The first-order chi connectivity index (χ1) is 33.8. The normalized spacial score (nSPS) is 17.7. The Morgan fingerprint density at radius 2 is 1.07 bits per heavy atom. The number of anilines is 2. The third kappa shape index (κ3) is 6.56. The molecule has 13 rings (SSSR count). The fraction of sp³-hybridized carbons (Fsp3) is 0.373. The fourth-order valence-corrected chi connectivity index (χ4v) is 13.3. The highest BCUT2D eigenvalue weighted by Gasteiger charge is 2.40. The summed E-state index contributed by atoms with van der Waals surface area (Å²) >= 11 is 0. The molecule has 3 aromatic heterocycles. The maximum atomic E-state index is 7.41. The van der Waals surface area contributed by atoms with Crippen LogP contribution < -0.4 is 16.2 Å². The molecule has 1 radical (unpaired) electrons. The van der Waals surface area contributed by atoms with Gasteiger partial charge in [-0.1, -0.05) is 133 Å². The van der Waals surface area contributed by atoms with Crippen LogP contribution in [0.15, 0.2) is 106 Å². The minimum atomic E-state index is -0.0480. The lowest BCUT2D eigenvalue weighted by molar-refractivity contribution is 0.332. The van der Waals surface area contributed by atoms with Crippen molar-refractivity contribution in [2.75, 3.05) is 5.32 Å². The Bertz CT molecular complexity index is 4020. The molecule has 0 saturated carbocycles. The predicted molar refractivity (Wildman–Crippen MR) is 308 cm³/mol. The van der Waals surface area contributed by atoms with E-state index in [0.717, 1.165) is 74.9 Å². The molecule has 0 unspecified atom stereocenters. The van der Waals surface area contributed by atoms with Gasteiger partial charge in [-0.15, -0.1) is 0 Å². The Kier molecular flexibility index (Phi) is 9.21. The van der Waals surface area contributed by atoms with Crippen molar-refractivity contribution >= 4 is 95.3 Å². The van der Waals surface area contributed by atoms with Crippen molar-refractivity contribution in [3.8, 4) is 16.8 Å². The van der Waals surface area contributed by atoms with Crippen molar-refractivity contribution in [1.82, 2.24) is 4.57 Å². The summed E-state index contributed by atoms with van der Waals surface area (Å²) in [5.74, 6) is 0. The van der Waals surface area contributed by atoms with Gasteiger partial charge < -0.3 is 18.7 Å². The Hall–Kier alpha value is -6.20. The van der Waals surface area contributed by atoms with Crippen LogP contribution in [0.1, 0.15) is 162 Å². The summed E-state index contributed by atoms with van der Waals surface area (Å²) in [6.45, 7) is 35.5. The van der Waals surface area contributed by atoms with Crippen molar-refractivity contribution in [1.29, 1.82) is 0 Å². The van der Waals surface area contributed by atoms with Gasteiger partial charge in [0.25, 0.3) is 0 Å². The van der Waals surface area contributed by atoms with Gasteiger partial charge in [-0.3, -0.25) is 0 Å². The number of hydrogen-bond donors (Lipinski definition) is 1. The molecule has 7 aromatic carbocycles. The second-order valence-corrected chi connectivity index (χ2v) is 27.1. The molecule has 0 saturated heterocycles. The summed E-state index contributed by atoms with van der Waals surface area (Å²) in [4.78, 5) is 0. The van der Waals surface area contributed by atoms with Gasteiger partial charge in [0, 0.05) is 49.1 Å². The van der Waals surface area contributed by atoms with E-state index >= 15 is 0 Å². The summed E-state index contributed by atoms with van der Waals surface area (Å²) in [5.41, 5.74) is 23.7. The molecule has 10 aromatic rings. The number of benzene rings is 7. The third-order valence-electron chi connectivity index (χ3n) is 18.1. The molecule has 4 heterocycles. The third-order valence-corrected chi connectivity index (χ3v) is 18.1. The van der Waals surface area contributed by atoms with Gasteiger partial charge in [-0.25, -0.2) is 0 Å². The summed E-state index contributed by atoms with van der Waals surface area (Å²) in [5, 5.41) is 11.3. The molecule has 4 nitrogen and oxygen atoms in total. The van der Waals surface area contributed by atoms with Gasteiger partial charge in [-0.2, -0.15) is 0 Å². The summed E-state index contributed by atoms with van der Waals surface area (Å²) < 4.78 is 17.0. The average molecular weight is 946 g/mol. The molecular formula is C67H70BN2O2. The van der Waals surface area contributed by atoms with Crippen LogP contribution in [0.4, 0.5) is 11.4 Å². The van der Waals surface area contributed by atoms with Crippen LogP contribution >= 0.6 is 0 Å². The van der Waals surface area contributed by atoms with Crippen molar-refractivity contribution in [2.24, 2.45) is 0 Å². The molecule has 2 aliphatic carbocycles. The number of para-hydroxylation sites is 1. The molecular weight excluding hydrogens is 876 g/mol. The highest BCUT2D eigenvalue weighted by Crippen LogP contribution is 2.52. The van der Waals surface area contributed by atoms with Crippen LogP contribution in [0.3, 0.4) is 0 Å². The number of aryl methyl sites for hydroxylation is 1. The smallest absolute Gasteiger partial charge is 0.197 e. The monoisotopic (exact) mass is 946 g/mol. The van der Waals surface area contributed by atoms with E-state index in [0.29, 0.717) is 0 Å². The van der Waals surface area contributed by atoms with E-state index in [2.05, 4.69) is 218 Å². The number of furan rings is 2. The molecule has 5 heteroatoms. The predicted octanol–water partition coefficient (Wildman–Crippen LogP) is 17.6. The average Bonchev–Trinajstić information content (AvgIpc) is 3.98. The zero-order chi connectivity index (χ0) is 50.6. The van der Waals surface area contributed by atoms with E-state index in [4.69, 9.17) is 8.83 Å². The van der Waals surface area contributed by atoms with E-state index in [1.54, 1.807) is 0 Å². The van der Waals surface area contributed by atoms with Crippen LogP contribution in [0, 0.1) is 6.92 Å². The molecule has 0 amide bonds. The SMILES string of the molecule is Cc1cc(-c2c(Nc3cccc4c3oc3cc5c(cc34)C(C)(C)CCC5(C)C)ccc3c2oc2cc4c(cc23)C(C)(C)CCC4(C)C)c2c(c1)-n1c3ccc(C(C)(C)C)cc3c3cc(C(C)(C)C)cc(c31)[B]2. The Balaban J connectivity index is 1.09. The first kappa shape index (κ1) is 45.7. The van der Waals surface area contributed by atoms with Crippen LogP contribution in [0.5, 0.6) is 0 Å². The maximum Gasteiger partial charge on any atom is 0.197 e. The summed E-state index contributed by atoms with van der Waals surface area (Å²) in [7, 11) is 2.48. The Labute approximate surface area is 426 Å². The molecule has 0 spiro atoms. The topological polar surface area (TPSA) is 43.2 Å². The van der Waals surface area contributed by atoms with Crippen LogP contribution in [-0.4, -0.2) is 11.8 Å². The largest absolute Gasteiger partial charge is 0.455 e. The fourth-order valence-electron chi connectivity index (χ4n) is 13.3. The minimum absolute atomic E-state index is 0.0143. The minimum Gasteiger partial charge on any atom is -0.455 e. The zero-order valence-corrected chi connectivity index (χ0v) is 45.4. The van der Waals surface area contributed by atoms with Crippen molar-refractivity contribution in [3.05, 3.63) is 136 Å². The Morgan fingerprint density at radius 1 is 0.514 bits per heavy atom.